The van der Waals surface area contributed by atoms with Gasteiger partial charge in [-0.3, -0.25) is 0 Å². The van der Waals surface area contributed by atoms with Crippen molar-refractivity contribution in [3.63, 3.8) is 0 Å². The zero-order valence-corrected chi connectivity index (χ0v) is 6.83. The van der Waals surface area contributed by atoms with Gasteiger partial charge in [-0.25, -0.2) is 0 Å². The third-order valence-corrected chi connectivity index (χ3v) is 4.09. The Morgan fingerprint density at radius 2 is 2.17 bits per heavy atom. The van der Waals surface area contributed by atoms with E-state index in [1.807, 2.05) is 0 Å². The van der Waals surface area contributed by atoms with Crippen LogP contribution in [-0.4, -0.2) is 0 Å². The smallest absolute Gasteiger partial charge is 0.0317 e. The maximum absolute atomic E-state index is 5.77. The largest absolute Gasteiger partial charge is 0.399 e. The molecule has 2 N–H and O–H groups in total. The molecule has 0 saturated heterocycles. The first kappa shape index (κ1) is 5.63. The maximum atomic E-state index is 5.77. The Hall–Kier alpha value is -0.980. The van der Waals surface area contributed by atoms with Crippen LogP contribution in [0.3, 0.4) is 0 Å². The minimum Gasteiger partial charge on any atom is -0.399 e. The van der Waals surface area contributed by atoms with E-state index in [0.29, 0.717) is 0 Å². The molecule has 4 unspecified atom stereocenters. The lowest BCUT2D eigenvalue weighted by atomic mass is 9.78. The minimum absolute atomic E-state index is 0.901. The van der Waals surface area contributed by atoms with E-state index in [1.165, 1.54) is 6.42 Å². The molecule has 0 bridgehead atoms. The van der Waals surface area contributed by atoms with Crippen LogP contribution in [0.2, 0.25) is 0 Å². The predicted octanol–water partition coefficient (Wildman–Crippen LogP) is 2.10. The van der Waals surface area contributed by atoms with E-state index < -0.39 is 0 Å². The highest BCUT2D eigenvalue weighted by Crippen LogP contribution is 2.78. The zero-order chi connectivity index (χ0) is 7.87. The summed E-state index contributed by atoms with van der Waals surface area (Å²) in [7, 11) is 0. The van der Waals surface area contributed by atoms with Gasteiger partial charge in [-0.15, -0.1) is 0 Å². The number of hydrogen-bond donors (Lipinski definition) is 1. The molecule has 4 rings (SSSR count). The first-order valence-corrected chi connectivity index (χ1v) is 4.75. The molecule has 1 heteroatoms. The summed E-state index contributed by atoms with van der Waals surface area (Å²) in [6, 6.07) is 6.50. The van der Waals surface area contributed by atoms with Crippen LogP contribution in [0.1, 0.15) is 29.4 Å². The van der Waals surface area contributed by atoms with Crippen molar-refractivity contribution in [1.29, 1.82) is 0 Å². The van der Waals surface area contributed by atoms with Crippen molar-refractivity contribution >= 4 is 5.69 Å². The summed E-state index contributed by atoms with van der Waals surface area (Å²) >= 11 is 0. The van der Waals surface area contributed by atoms with E-state index in [1.54, 1.807) is 11.1 Å². The Labute approximate surface area is 71.6 Å². The fraction of sp³-hybridized carbons (Fsp3) is 0.455. The van der Waals surface area contributed by atoms with Crippen molar-refractivity contribution in [3.05, 3.63) is 29.3 Å². The van der Waals surface area contributed by atoms with Gasteiger partial charge in [0.15, 0.2) is 0 Å². The molecule has 4 atom stereocenters. The molecule has 12 heavy (non-hydrogen) atoms. The number of nitrogens with two attached hydrogens (primary N) is 1. The highest BCUT2D eigenvalue weighted by Gasteiger charge is 2.68. The molecule has 0 radical (unpaired) electrons. The van der Waals surface area contributed by atoms with E-state index in [2.05, 4.69) is 18.2 Å². The van der Waals surface area contributed by atoms with E-state index in [9.17, 15) is 0 Å². The van der Waals surface area contributed by atoms with Gasteiger partial charge in [0.1, 0.15) is 0 Å². The van der Waals surface area contributed by atoms with E-state index in [0.717, 1.165) is 29.4 Å². The number of fused-ring (bicyclic) bond motifs is 4. The summed E-state index contributed by atoms with van der Waals surface area (Å²) in [6.45, 7) is 0. The molecule has 1 aromatic carbocycles. The van der Waals surface area contributed by atoms with Gasteiger partial charge < -0.3 is 5.73 Å². The summed E-state index contributed by atoms with van der Waals surface area (Å²) in [6.07, 6.45) is 1.45. The second kappa shape index (κ2) is 1.41. The second-order valence-corrected chi connectivity index (χ2v) is 4.50. The van der Waals surface area contributed by atoms with Crippen molar-refractivity contribution in [1.82, 2.24) is 0 Å². The van der Waals surface area contributed by atoms with Gasteiger partial charge in [-0.1, -0.05) is 6.07 Å². The highest BCUT2D eigenvalue weighted by molar-refractivity contribution is 5.57. The number of benzene rings is 1. The topological polar surface area (TPSA) is 26.0 Å². The fourth-order valence-corrected chi connectivity index (χ4v) is 3.50. The number of rotatable bonds is 0. The van der Waals surface area contributed by atoms with E-state index in [-0.39, 0.29) is 0 Å². The average molecular weight is 157 g/mol. The van der Waals surface area contributed by atoms with Gasteiger partial charge >= 0.3 is 0 Å². The summed E-state index contributed by atoms with van der Waals surface area (Å²) in [5, 5.41) is 0. The Morgan fingerprint density at radius 1 is 1.25 bits per heavy atom. The SMILES string of the molecule is Nc1ccc2c(c1)C1CC3C2C13. The fourth-order valence-electron chi connectivity index (χ4n) is 3.50. The molecule has 0 heterocycles. The number of hydrogen-bond acceptors (Lipinski definition) is 1. The van der Waals surface area contributed by atoms with Gasteiger partial charge in [0.2, 0.25) is 0 Å². The Balaban J connectivity index is 2.01. The van der Waals surface area contributed by atoms with Gasteiger partial charge in [0.05, 0.1) is 0 Å². The second-order valence-electron chi connectivity index (χ2n) is 4.50. The molecule has 0 amide bonds. The quantitative estimate of drug-likeness (QED) is 0.573. The molecule has 1 aromatic rings. The average Bonchev–Trinajstić information content (AvgIpc) is 2.48. The molecule has 1 nitrogen and oxygen atoms in total. The lowest BCUT2D eigenvalue weighted by Crippen LogP contribution is -2.14. The number of anilines is 1. The molecule has 2 saturated carbocycles. The van der Waals surface area contributed by atoms with E-state index in [4.69, 9.17) is 5.73 Å². The number of nitrogen functional groups attached to an aromatic ring is 1. The van der Waals surface area contributed by atoms with Crippen LogP contribution in [-0.2, 0) is 0 Å². The van der Waals surface area contributed by atoms with Crippen molar-refractivity contribution in [2.75, 3.05) is 5.73 Å². The van der Waals surface area contributed by atoms with E-state index >= 15 is 0 Å². The Bertz CT molecular complexity index is 383. The standard InChI is InChI=1S/C11H11N/c12-5-1-2-6-7(3-5)8-4-9-10(6)11(8)9/h1-3,8-11H,4,12H2. The summed E-state index contributed by atoms with van der Waals surface area (Å²) in [4.78, 5) is 0. The van der Waals surface area contributed by atoms with Crippen molar-refractivity contribution in [2.45, 2.75) is 18.3 Å². The molecular weight excluding hydrogens is 146 g/mol. The monoisotopic (exact) mass is 157 g/mol. The Kier molecular flexibility index (Phi) is 0.663. The normalized spacial score (nSPS) is 44.7. The lowest BCUT2D eigenvalue weighted by Gasteiger charge is -2.26. The molecule has 0 spiro atoms. The van der Waals surface area contributed by atoms with Gasteiger partial charge in [0.25, 0.3) is 0 Å². The third kappa shape index (κ3) is 0.401. The first-order valence-electron chi connectivity index (χ1n) is 4.75. The summed E-state index contributed by atoms with van der Waals surface area (Å²) in [5.74, 6) is 3.97. The molecule has 0 aromatic heterocycles. The summed E-state index contributed by atoms with van der Waals surface area (Å²) < 4.78 is 0. The highest BCUT2D eigenvalue weighted by atomic mass is 14.7. The van der Waals surface area contributed by atoms with Crippen molar-refractivity contribution in [2.24, 2.45) is 11.8 Å². The van der Waals surface area contributed by atoms with Crippen LogP contribution in [0, 0.1) is 11.8 Å². The first-order chi connectivity index (χ1) is 5.86. The molecule has 3 aliphatic carbocycles. The van der Waals surface area contributed by atoms with Crippen molar-refractivity contribution in [3.8, 4) is 0 Å². The third-order valence-electron chi connectivity index (χ3n) is 4.09. The summed E-state index contributed by atoms with van der Waals surface area (Å²) in [5.41, 5.74) is 9.91. The zero-order valence-electron chi connectivity index (χ0n) is 6.83. The molecule has 3 aliphatic rings. The Morgan fingerprint density at radius 3 is 3.08 bits per heavy atom. The van der Waals surface area contributed by atoms with Crippen LogP contribution >= 0.6 is 0 Å². The van der Waals surface area contributed by atoms with Gasteiger partial charge in [0, 0.05) is 5.69 Å². The lowest BCUT2D eigenvalue weighted by molar-refractivity contribution is 0.388. The van der Waals surface area contributed by atoms with Crippen LogP contribution in [0.25, 0.3) is 0 Å². The molecular formula is C11H11N. The molecule has 60 valence electrons. The van der Waals surface area contributed by atoms with Crippen LogP contribution in [0.4, 0.5) is 5.69 Å². The maximum Gasteiger partial charge on any atom is 0.0317 e. The van der Waals surface area contributed by atoms with Crippen LogP contribution < -0.4 is 5.73 Å². The minimum atomic E-state index is 0.901. The van der Waals surface area contributed by atoms with Crippen LogP contribution in [0.15, 0.2) is 18.2 Å². The van der Waals surface area contributed by atoms with Crippen LogP contribution in [0.5, 0.6) is 0 Å². The van der Waals surface area contributed by atoms with Gasteiger partial charge in [-0.2, -0.15) is 0 Å². The molecule has 0 aliphatic heterocycles. The predicted molar refractivity (Wildman–Crippen MR) is 47.9 cm³/mol. The van der Waals surface area contributed by atoms with Crippen molar-refractivity contribution < 1.29 is 0 Å². The molecule has 2 fully saturated rings. The van der Waals surface area contributed by atoms with Gasteiger partial charge in [-0.05, 0) is 53.4 Å².